The number of thioether (sulfide) groups is 1. The van der Waals surface area contributed by atoms with Gasteiger partial charge in [-0.15, -0.1) is 0 Å². The summed E-state index contributed by atoms with van der Waals surface area (Å²) in [6.07, 6.45) is 3.17. The molecule has 0 spiro atoms. The Labute approximate surface area is 94.9 Å². The van der Waals surface area contributed by atoms with E-state index >= 15 is 0 Å². The summed E-state index contributed by atoms with van der Waals surface area (Å²) in [6.45, 7) is 2.13. The fourth-order valence-corrected chi connectivity index (χ4v) is 1.88. The first-order valence-electron chi connectivity index (χ1n) is 4.99. The minimum Gasteiger partial charge on any atom is -0.357 e. The minimum absolute atomic E-state index is 0.381. The van der Waals surface area contributed by atoms with E-state index in [0.29, 0.717) is 11.9 Å². The standard InChI is InChI=1S/C11H17FN2S/c1-9(7-8-15-3)14(2)11-6-4-5-10(12)13-11/h4-6,9H,7-8H2,1-3H3. The van der Waals surface area contributed by atoms with Crippen molar-refractivity contribution < 1.29 is 4.39 Å². The van der Waals surface area contributed by atoms with E-state index in [-0.39, 0.29) is 0 Å². The third-order valence-electron chi connectivity index (χ3n) is 2.46. The number of halogens is 1. The third-order valence-corrected chi connectivity index (χ3v) is 3.11. The molecule has 1 atom stereocenters. The summed E-state index contributed by atoms with van der Waals surface area (Å²) in [5.74, 6) is 1.39. The van der Waals surface area contributed by atoms with Crippen molar-refractivity contribution in [3.63, 3.8) is 0 Å². The summed E-state index contributed by atoms with van der Waals surface area (Å²) >= 11 is 1.82. The lowest BCUT2D eigenvalue weighted by atomic mass is 10.2. The van der Waals surface area contributed by atoms with Crippen LogP contribution < -0.4 is 4.90 Å². The molecule has 0 fully saturated rings. The second kappa shape index (κ2) is 5.95. The van der Waals surface area contributed by atoms with Crippen LogP contribution in [0.2, 0.25) is 0 Å². The van der Waals surface area contributed by atoms with Crippen molar-refractivity contribution in [2.75, 3.05) is 24.0 Å². The lowest BCUT2D eigenvalue weighted by molar-refractivity contribution is 0.576. The van der Waals surface area contributed by atoms with Crippen molar-refractivity contribution in [3.05, 3.63) is 24.1 Å². The summed E-state index contributed by atoms with van der Waals surface area (Å²) < 4.78 is 12.9. The molecular weight excluding hydrogens is 211 g/mol. The highest BCUT2D eigenvalue weighted by molar-refractivity contribution is 7.98. The van der Waals surface area contributed by atoms with Gasteiger partial charge in [0.2, 0.25) is 5.95 Å². The predicted octanol–water partition coefficient (Wildman–Crippen LogP) is 2.80. The molecule has 2 nitrogen and oxygen atoms in total. The average Bonchev–Trinajstić information content (AvgIpc) is 2.24. The molecule has 1 rings (SSSR count). The van der Waals surface area contributed by atoms with Crippen molar-refractivity contribution >= 4 is 17.6 Å². The van der Waals surface area contributed by atoms with E-state index in [1.807, 2.05) is 29.8 Å². The van der Waals surface area contributed by atoms with Gasteiger partial charge in [-0.2, -0.15) is 16.2 Å². The first-order chi connectivity index (χ1) is 7.15. The normalized spacial score (nSPS) is 12.5. The number of hydrogen-bond acceptors (Lipinski definition) is 3. The maximum absolute atomic E-state index is 12.9. The Kier molecular flexibility index (Phi) is 4.88. The second-order valence-electron chi connectivity index (χ2n) is 3.56. The van der Waals surface area contributed by atoms with E-state index in [9.17, 15) is 4.39 Å². The third kappa shape index (κ3) is 3.70. The van der Waals surface area contributed by atoms with Gasteiger partial charge in [0.1, 0.15) is 5.82 Å². The predicted molar refractivity (Wildman–Crippen MR) is 65.1 cm³/mol. The molecule has 1 aromatic rings. The van der Waals surface area contributed by atoms with Gasteiger partial charge in [-0.05, 0) is 37.5 Å². The highest BCUT2D eigenvalue weighted by Crippen LogP contribution is 2.15. The quantitative estimate of drug-likeness (QED) is 0.721. The van der Waals surface area contributed by atoms with Crippen LogP contribution in [-0.4, -0.2) is 30.1 Å². The van der Waals surface area contributed by atoms with Crippen molar-refractivity contribution in [1.29, 1.82) is 0 Å². The van der Waals surface area contributed by atoms with Crippen LogP contribution in [0.5, 0.6) is 0 Å². The lowest BCUT2D eigenvalue weighted by Gasteiger charge is -2.25. The van der Waals surface area contributed by atoms with Gasteiger partial charge in [0.15, 0.2) is 0 Å². The zero-order valence-corrected chi connectivity index (χ0v) is 10.2. The zero-order chi connectivity index (χ0) is 11.3. The Morgan fingerprint density at radius 2 is 2.27 bits per heavy atom. The topological polar surface area (TPSA) is 16.1 Å². The molecule has 0 aliphatic rings. The van der Waals surface area contributed by atoms with Crippen LogP contribution in [0.4, 0.5) is 10.2 Å². The van der Waals surface area contributed by atoms with E-state index in [1.165, 1.54) is 6.07 Å². The summed E-state index contributed by atoms with van der Waals surface area (Å²) in [5, 5.41) is 0. The Hall–Kier alpha value is -0.770. The molecular formula is C11H17FN2S. The highest BCUT2D eigenvalue weighted by atomic mass is 32.2. The van der Waals surface area contributed by atoms with Gasteiger partial charge in [-0.3, -0.25) is 0 Å². The zero-order valence-electron chi connectivity index (χ0n) is 9.40. The van der Waals surface area contributed by atoms with Crippen LogP contribution in [0.3, 0.4) is 0 Å². The fourth-order valence-electron chi connectivity index (χ4n) is 1.30. The Morgan fingerprint density at radius 3 is 2.87 bits per heavy atom. The Balaban J connectivity index is 2.62. The molecule has 1 unspecified atom stereocenters. The Morgan fingerprint density at radius 1 is 1.53 bits per heavy atom. The maximum atomic E-state index is 12.9. The van der Waals surface area contributed by atoms with Crippen LogP contribution in [0, 0.1) is 5.95 Å². The molecule has 0 N–H and O–H groups in total. The number of aromatic nitrogens is 1. The van der Waals surface area contributed by atoms with Gasteiger partial charge in [0, 0.05) is 13.1 Å². The van der Waals surface area contributed by atoms with Crippen LogP contribution in [0.25, 0.3) is 0 Å². The SMILES string of the molecule is CSCCC(C)N(C)c1cccc(F)n1. The molecule has 0 aliphatic heterocycles. The molecule has 0 aliphatic carbocycles. The number of anilines is 1. The largest absolute Gasteiger partial charge is 0.357 e. The van der Waals surface area contributed by atoms with E-state index in [2.05, 4.69) is 18.2 Å². The summed E-state index contributed by atoms with van der Waals surface area (Å²) in [5.41, 5.74) is 0. The van der Waals surface area contributed by atoms with Crippen LogP contribution in [0.1, 0.15) is 13.3 Å². The van der Waals surface area contributed by atoms with Crippen LogP contribution in [0.15, 0.2) is 18.2 Å². The van der Waals surface area contributed by atoms with Crippen molar-refractivity contribution in [2.45, 2.75) is 19.4 Å². The molecule has 0 amide bonds. The van der Waals surface area contributed by atoms with Crippen molar-refractivity contribution in [1.82, 2.24) is 4.98 Å². The van der Waals surface area contributed by atoms with Gasteiger partial charge >= 0.3 is 0 Å². The maximum Gasteiger partial charge on any atom is 0.214 e. The average molecular weight is 228 g/mol. The van der Waals surface area contributed by atoms with Crippen LogP contribution in [-0.2, 0) is 0 Å². The summed E-state index contributed by atoms with van der Waals surface area (Å²) in [6, 6.07) is 5.27. The fraction of sp³-hybridized carbons (Fsp3) is 0.545. The molecule has 15 heavy (non-hydrogen) atoms. The van der Waals surface area contributed by atoms with Gasteiger partial charge in [-0.1, -0.05) is 6.07 Å². The smallest absolute Gasteiger partial charge is 0.214 e. The second-order valence-corrected chi connectivity index (χ2v) is 4.55. The minimum atomic E-state index is -0.420. The number of hydrogen-bond donors (Lipinski definition) is 0. The number of rotatable bonds is 5. The molecule has 0 radical (unpaired) electrons. The molecule has 0 bridgehead atoms. The van der Waals surface area contributed by atoms with Crippen molar-refractivity contribution in [3.8, 4) is 0 Å². The number of pyridine rings is 1. The van der Waals surface area contributed by atoms with Gasteiger partial charge in [0.25, 0.3) is 0 Å². The Bertz CT molecular complexity index is 306. The van der Waals surface area contributed by atoms with Gasteiger partial charge in [0.05, 0.1) is 0 Å². The number of nitrogens with zero attached hydrogens (tertiary/aromatic N) is 2. The molecule has 4 heteroatoms. The summed E-state index contributed by atoms with van der Waals surface area (Å²) in [7, 11) is 1.95. The molecule has 0 saturated heterocycles. The van der Waals surface area contributed by atoms with E-state index < -0.39 is 5.95 Å². The van der Waals surface area contributed by atoms with Gasteiger partial charge in [-0.25, -0.2) is 4.98 Å². The first-order valence-corrected chi connectivity index (χ1v) is 6.39. The van der Waals surface area contributed by atoms with Gasteiger partial charge < -0.3 is 4.90 Å². The molecule has 0 saturated carbocycles. The van der Waals surface area contributed by atoms with E-state index in [1.54, 1.807) is 6.07 Å². The molecule has 1 heterocycles. The first kappa shape index (κ1) is 12.3. The molecule has 0 aromatic carbocycles. The monoisotopic (exact) mass is 228 g/mol. The molecule has 1 aromatic heterocycles. The summed E-state index contributed by atoms with van der Waals surface area (Å²) in [4.78, 5) is 5.87. The molecule has 84 valence electrons. The van der Waals surface area contributed by atoms with Crippen molar-refractivity contribution in [2.24, 2.45) is 0 Å². The highest BCUT2D eigenvalue weighted by Gasteiger charge is 2.10. The van der Waals surface area contributed by atoms with E-state index in [0.717, 1.165) is 12.2 Å². The van der Waals surface area contributed by atoms with Crippen LogP contribution >= 0.6 is 11.8 Å². The lowest BCUT2D eigenvalue weighted by Crippen LogP contribution is -2.30. The van der Waals surface area contributed by atoms with E-state index in [4.69, 9.17) is 0 Å².